The molecule has 0 fully saturated rings. The van der Waals surface area contributed by atoms with Crippen LogP contribution in [-0.2, 0) is 6.54 Å². The normalized spacial score (nSPS) is 11.0. The first-order chi connectivity index (χ1) is 12.6. The van der Waals surface area contributed by atoms with E-state index in [1.165, 1.54) is 0 Å². The zero-order chi connectivity index (χ0) is 18.1. The van der Waals surface area contributed by atoms with Crippen molar-refractivity contribution in [3.05, 3.63) is 88.3 Å². The molecule has 0 spiro atoms. The second-order valence-electron chi connectivity index (χ2n) is 6.25. The topological polar surface area (TPSA) is 66.1 Å². The first-order valence-electron chi connectivity index (χ1n) is 8.34. The van der Waals surface area contributed by atoms with Crippen LogP contribution in [-0.4, -0.2) is 28.1 Å². The van der Waals surface area contributed by atoms with Crippen molar-refractivity contribution in [2.45, 2.75) is 6.54 Å². The van der Waals surface area contributed by atoms with Gasteiger partial charge in [0, 0.05) is 19.0 Å². The molecule has 0 aliphatic carbocycles. The van der Waals surface area contributed by atoms with Gasteiger partial charge in [0.25, 0.3) is 11.5 Å². The maximum absolute atomic E-state index is 13.0. The van der Waals surface area contributed by atoms with Gasteiger partial charge in [-0.2, -0.15) is 5.10 Å². The summed E-state index contributed by atoms with van der Waals surface area (Å²) in [6, 6.07) is 21.2. The number of hydrogen-bond donors (Lipinski definition) is 1. The highest BCUT2D eigenvalue weighted by Crippen LogP contribution is 2.21. The van der Waals surface area contributed by atoms with Gasteiger partial charge >= 0.3 is 0 Å². The summed E-state index contributed by atoms with van der Waals surface area (Å²) in [5.74, 6) is -0.231. The predicted molar refractivity (Wildman–Crippen MR) is 102 cm³/mol. The number of nitrogens with zero attached hydrogens (tertiary/aromatic N) is 2. The van der Waals surface area contributed by atoms with Crippen molar-refractivity contribution < 1.29 is 4.79 Å². The third-order valence-electron chi connectivity index (χ3n) is 4.53. The van der Waals surface area contributed by atoms with Crippen molar-refractivity contribution in [2.24, 2.45) is 0 Å². The Hall–Kier alpha value is -3.47. The molecule has 5 nitrogen and oxygen atoms in total. The fraction of sp³-hybridized carbons (Fsp3) is 0.0952. The van der Waals surface area contributed by atoms with Crippen molar-refractivity contribution in [2.75, 3.05) is 7.05 Å². The first-order valence-corrected chi connectivity index (χ1v) is 8.34. The fourth-order valence-electron chi connectivity index (χ4n) is 3.22. The van der Waals surface area contributed by atoms with Crippen LogP contribution in [0.3, 0.4) is 0 Å². The lowest BCUT2D eigenvalue weighted by molar-refractivity contribution is 0.0781. The van der Waals surface area contributed by atoms with Gasteiger partial charge in [-0.1, -0.05) is 60.7 Å². The van der Waals surface area contributed by atoms with Crippen LogP contribution in [0.5, 0.6) is 0 Å². The lowest BCUT2D eigenvalue weighted by atomic mass is 10.0. The second-order valence-corrected chi connectivity index (χ2v) is 6.25. The minimum absolute atomic E-state index is 0.231. The number of carbonyl (C=O) groups excluding carboxylic acids is 1. The number of H-pyrrole nitrogens is 1. The van der Waals surface area contributed by atoms with Gasteiger partial charge in [0.05, 0.1) is 5.39 Å². The Bertz CT molecular complexity index is 1180. The number of aromatic nitrogens is 2. The van der Waals surface area contributed by atoms with E-state index in [1.807, 2.05) is 24.3 Å². The number of benzene rings is 3. The van der Waals surface area contributed by atoms with E-state index in [-0.39, 0.29) is 17.2 Å². The predicted octanol–water partition coefficient (Wildman–Crippen LogP) is 3.35. The third-order valence-corrected chi connectivity index (χ3v) is 4.53. The number of aromatic amines is 1. The van der Waals surface area contributed by atoms with E-state index in [2.05, 4.69) is 28.4 Å². The molecule has 0 aliphatic heterocycles. The molecular weight excluding hydrogens is 326 g/mol. The van der Waals surface area contributed by atoms with Crippen LogP contribution in [0.1, 0.15) is 16.1 Å². The molecular formula is C21H17N3O2. The molecule has 5 heteroatoms. The van der Waals surface area contributed by atoms with Gasteiger partial charge < -0.3 is 4.90 Å². The molecule has 0 atom stereocenters. The summed E-state index contributed by atoms with van der Waals surface area (Å²) < 4.78 is 0. The van der Waals surface area contributed by atoms with Gasteiger partial charge in [0.15, 0.2) is 5.69 Å². The SMILES string of the molecule is CN(Cc1cccc2ccccc12)C(=O)c1n[nH]c(=O)c2ccccc12. The minimum Gasteiger partial charge on any atom is -0.336 e. The lowest BCUT2D eigenvalue weighted by Crippen LogP contribution is -2.28. The van der Waals surface area contributed by atoms with Gasteiger partial charge in [0.1, 0.15) is 0 Å². The molecule has 4 aromatic rings. The van der Waals surface area contributed by atoms with Gasteiger partial charge in [0.2, 0.25) is 0 Å². The fourth-order valence-corrected chi connectivity index (χ4v) is 3.22. The van der Waals surface area contributed by atoms with E-state index < -0.39 is 0 Å². The highest BCUT2D eigenvalue weighted by Gasteiger charge is 2.18. The van der Waals surface area contributed by atoms with Gasteiger partial charge in [-0.05, 0) is 22.4 Å². The lowest BCUT2D eigenvalue weighted by Gasteiger charge is -2.18. The summed E-state index contributed by atoms with van der Waals surface area (Å²) in [7, 11) is 1.74. The van der Waals surface area contributed by atoms with Crippen LogP contribution in [0, 0.1) is 0 Å². The summed E-state index contributed by atoms with van der Waals surface area (Å²) in [6.45, 7) is 0.454. The van der Waals surface area contributed by atoms with E-state index in [4.69, 9.17) is 0 Å². The number of nitrogens with one attached hydrogen (secondary N) is 1. The molecule has 1 heterocycles. The summed E-state index contributed by atoms with van der Waals surface area (Å²) >= 11 is 0. The molecule has 1 N–H and O–H groups in total. The maximum Gasteiger partial charge on any atom is 0.274 e. The smallest absolute Gasteiger partial charge is 0.274 e. The number of carbonyl (C=O) groups is 1. The Morgan fingerprint density at radius 1 is 0.923 bits per heavy atom. The Morgan fingerprint density at radius 3 is 2.38 bits per heavy atom. The molecule has 1 aromatic heterocycles. The number of fused-ring (bicyclic) bond motifs is 2. The van der Waals surface area contributed by atoms with E-state index in [1.54, 1.807) is 36.2 Å². The Balaban J connectivity index is 1.71. The average molecular weight is 343 g/mol. The van der Waals surface area contributed by atoms with E-state index in [0.717, 1.165) is 16.3 Å². The van der Waals surface area contributed by atoms with Crippen molar-refractivity contribution in [3.63, 3.8) is 0 Å². The molecule has 3 aromatic carbocycles. The van der Waals surface area contributed by atoms with Gasteiger partial charge in [-0.3, -0.25) is 9.59 Å². The first kappa shape index (κ1) is 16.0. The molecule has 0 radical (unpaired) electrons. The molecule has 4 rings (SSSR count). The van der Waals surface area contributed by atoms with Crippen molar-refractivity contribution in [1.82, 2.24) is 15.1 Å². The van der Waals surface area contributed by atoms with E-state index >= 15 is 0 Å². The zero-order valence-corrected chi connectivity index (χ0v) is 14.3. The largest absolute Gasteiger partial charge is 0.336 e. The van der Waals surface area contributed by atoms with E-state index in [0.29, 0.717) is 17.3 Å². The van der Waals surface area contributed by atoms with Gasteiger partial charge in [-0.15, -0.1) is 0 Å². The van der Waals surface area contributed by atoms with Crippen LogP contribution >= 0.6 is 0 Å². The van der Waals surface area contributed by atoms with Crippen LogP contribution in [0.15, 0.2) is 71.5 Å². The van der Waals surface area contributed by atoms with E-state index in [9.17, 15) is 9.59 Å². The standard InChI is InChI=1S/C21H17N3O2/c1-24(13-15-9-6-8-14-7-2-3-10-16(14)15)21(26)19-17-11-4-5-12-18(17)20(25)23-22-19/h2-12H,13H2,1H3,(H,23,25). The number of rotatable bonds is 3. The van der Waals surface area contributed by atoms with Crippen molar-refractivity contribution in [1.29, 1.82) is 0 Å². The van der Waals surface area contributed by atoms with Crippen LogP contribution in [0.4, 0.5) is 0 Å². The molecule has 26 heavy (non-hydrogen) atoms. The minimum atomic E-state index is -0.297. The molecule has 128 valence electrons. The summed E-state index contributed by atoms with van der Waals surface area (Å²) in [4.78, 5) is 26.5. The number of amides is 1. The molecule has 1 amide bonds. The van der Waals surface area contributed by atoms with Crippen LogP contribution < -0.4 is 5.56 Å². The van der Waals surface area contributed by atoms with Gasteiger partial charge in [-0.25, -0.2) is 5.10 Å². The average Bonchev–Trinajstić information content (AvgIpc) is 2.68. The molecule has 0 aliphatic rings. The quantitative estimate of drug-likeness (QED) is 0.620. The summed E-state index contributed by atoms with van der Waals surface area (Å²) in [5.41, 5.74) is 1.02. The summed E-state index contributed by atoms with van der Waals surface area (Å²) in [6.07, 6.45) is 0. The number of hydrogen-bond acceptors (Lipinski definition) is 3. The molecule has 0 saturated carbocycles. The molecule has 0 saturated heterocycles. The zero-order valence-electron chi connectivity index (χ0n) is 14.3. The van der Waals surface area contributed by atoms with Crippen molar-refractivity contribution in [3.8, 4) is 0 Å². The molecule has 0 bridgehead atoms. The highest BCUT2D eigenvalue weighted by atomic mass is 16.2. The summed E-state index contributed by atoms with van der Waals surface area (Å²) in [5, 5.41) is 9.70. The van der Waals surface area contributed by atoms with Crippen LogP contribution in [0.25, 0.3) is 21.5 Å². The van der Waals surface area contributed by atoms with Crippen LogP contribution in [0.2, 0.25) is 0 Å². The highest BCUT2D eigenvalue weighted by molar-refractivity contribution is 6.04. The molecule has 0 unspecified atom stereocenters. The van der Waals surface area contributed by atoms with Crippen molar-refractivity contribution >= 4 is 27.5 Å². The maximum atomic E-state index is 13.0. The Morgan fingerprint density at radius 2 is 1.58 bits per heavy atom. The Kier molecular flexibility index (Phi) is 3.97. The third kappa shape index (κ3) is 2.73. The Labute approximate surface area is 149 Å². The monoisotopic (exact) mass is 343 g/mol. The second kappa shape index (κ2) is 6.44.